The van der Waals surface area contributed by atoms with Gasteiger partial charge in [-0.15, -0.1) is 0 Å². The molecule has 0 bridgehead atoms. The molecule has 1 saturated carbocycles. The Morgan fingerprint density at radius 2 is 1.96 bits per heavy atom. The summed E-state index contributed by atoms with van der Waals surface area (Å²) in [4.78, 5) is 17.7. The van der Waals surface area contributed by atoms with Crippen molar-refractivity contribution in [3.8, 4) is 5.69 Å². The number of carbonyl (C=O) groups excluding carboxylic acids is 1. The molecule has 0 spiro atoms. The van der Waals surface area contributed by atoms with Crippen LogP contribution in [0.15, 0.2) is 24.3 Å². The van der Waals surface area contributed by atoms with E-state index in [9.17, 15) is 4.79 Å². The van der Waals surface area contributed by atoms with Gasteiger partial charge >= 0.3 is 0 Å². The van der Waals surface area contributed by atoms with Crippen LogP contribution in [-0.2, 0) is 0 Å². The van der Waals surface area contributed by atoms with Crippen LogP contribution in [0.3, 0.4) is 0 Å². The van der Waals surface area contributed by atoms with Gasteiger partial charge in [0, 0.05) is 37.1 Å². The van der Waals surface area contributed by atoms with E-state index in [1.54, 1.807) is 0 Å². The molecule has 0 radical (unpaired) electrons. The molecule has 0 N–H and O–H groups in total. The quantitative estimate of drug-likeness (QED) is 0.824. The Labute approximate surface area is 159 Å². The van der Waals surface area contributed by atoms with Gasteiger partial charge in [-0.05, 0) is 44.5 Å². The third-order valence-corrected chi connectivity index (χ3v) is 5.72. The zero-order valence-electron chi connectivity index (χ0n) is 15.4. The van der Waals surface area contributed by atoms with E-state index >= 15 is 0 Å². The molecule has 138 valence electrons. The summed E-state index contributed by atoms with van der Waals surface area (Å²) in [6.07, 6.45) is 2.24. The molecular formula is C20H25ClN4O. The molecule has 2 heterocycles. The largest absolute Gasteiger partial charge is 0.336 e. The predicted molar refractivity (Wildman–Crippen MR) is 103 cm³/mol. The van der Waals surface area contributed by atoms with E-state index in [-0.39, 0.29) is 5.91 Å². The number of likely N-dealkylation sites (N-methyl/N-ethyl adjacent to an activating group) is 1. The fraction of sp³-hybridized carbons (Fsp3) is 0.500. The van der Waals surface area contributed by atoms with E-state index in [4.69, 9.17) is 16.7 Å². The number of hydrogen-bond acceptors (Lipinski definition) is 3. The minimum Gasteiger partial charge on any atom is -0.336 e. The molecule has 2 aromatic rings. The summed E-state index contributed by atoms with van der Waals surface area (Å²) in [5.74, 6) is 0.554. The summed E-state index contributed by atoms with van der Waals surface area (Å²) in [5.41, 5.74) is 3.59. The van der Waals surface area contributed by atoms with E-state index in [0.29, 0.717) is 10.9 Å². The highest BCUT2D eigenvalue weighted by Gasteiger charge is 2.35. The number of piperazine rings is 1. The van der Waals surface area contributed by atoms with Crippen molar-refractivity contribution in [2.24, 2.45) is 0 Å². The van der Waals surface area contributed by atoms with Crippen molar-refractivity contribution in [2.45, 2.75) is 32.6 Å². The molecular weight excluding hydrogens is 348 g/mol. The summed E-state index contributed by atoms with van der Waals surface area (Å²) in [6.45, 7) is 8.68. The molecule has 1 amide bonds. The number of aromatic nitrogens is 2. The second kappa shape index (κ2) is 7.05. The minimum atomic E-state index is 0.133. The second-order valence-electron chi connectivity index (χ2n) is 7.24. The first-order valence-electron chi connectivity index (χ1n) is 9.45. The summed E-state index contributed by atoms with van der Waals surface area (Å²) in [6, 6.07) is 7.65. The number of halogens is 1. The van der Waals surface area contributed by atoms with Gasteiger partial charge < -0.3 is 9.80 Å². The average molecular weight is 373 g/mol. The minimum absolute atomic E-state index is 0.133. The van der Waals surface area contributed by atoms with E-state index in [1.165, 1.54) is 0 Å². The molecule has 26 heavy (non-hydrogen) atoms. The van der Waals surface area contributed by atoms with Crippen LogP contribution in [0, 0.1) is 6.92 Å². The van der Waals surface area contributed by atoms with Gasteiger partial charge in [-0.25, -0.2) is 4.68 Å². The van der Waals surface area contributed by atoms with Crippen LogP contribution < -0.4 is 0 Å². The van der Waals surface area contributed by atoms with Crippen LogP contribution in [0.25, 0.3) is 5.69 Å². The van der Waals surface area contributed by atoms with Gasteiger partial charge in [0.05, 0.1) is 22.6 Å². The molecule has 1 saturated heterocycles. The fourth-order valence-corrected chi connectivity index (χ4v) is 3.90. The molecule has 4 rings (SSSR count). The molecule has 5 nitrogen and oxygen atoms in total. The second-order valence-corrected chi connectivity index (χ2v) is 7.67. The molecule has 0 atom stereocenters. The monoisotopic (exact) mass is 372 g/mol. The molecule has 1 aliphatic heterocycles. The first-order valence-corrected chi connectivity index (χ1v) is 9.83. The van der Waals surface area contributed by atoms with Crippen LogP contribution in [0.4, 0.5) is 0 Å². The lowest BCUT2D eigenvalue weighted by atomic mass is 10.1. The van der Waals surface area contributed by atoms with Gasteiger partial charge in [0.15, 0.2) is 0 Å². The van der Waals surface area contributed by atoms with Crippen molar-refractivity contribution in [3.05, 3.63) is 46.2 Å². The Balaban J connectivity index is 1.68. The van der Waals surface area contributed by atoms with E-state index < -0.39 is 0 Å². The highest BCUT2D eigenvalue weighted by Crippen LogP contribution is 2.42. The maximum Gasteiger partial charge on any atom is 0.257 e. The Hall–Kier alpha value is -1.85. The van der Waals surface area contributed by atoms with Gasteiger partial charge in [0.2, 0.25) is 0 Å². The molecule has 2 aliphatic rings. The standard InChI is InChI=1S/C20H25ClN4O/c1-3-23-9-11-24(12-10-23)20(26)18-14(2)25(22-19(18)15-7-8-15)17-6-4-5-16(21)13-17/h4-6,13,15H,3,7-12H2,1-2H3. The van der Waals surface area contributed by atoms with Crippen molar-refractivity contribution >= 4 is 17.5 Å². The van der Waals surface area contributed by atoms with Gasteiger partial charge in [0.1, 0.15) is 0 Å². The van der Waals surface area contributed by atoms with Crippen molar-refractivity contribution in [1.82, 2.24) is 19.6 Å². The molecule has 1 aromatic heterocycles. The Kier molecular flexibility index (Phi) is 4.76. The van der Waals surface area contributed by atoms with Crippen LogP contribution in [0.2, 0.25) is 5.02 Å². The molecule has 1 aliphatic carbocycles. The van der Waals surface area contributed by atoms with Crippen molar-refractivity contribution in [1.29, 1.82) is 0 Å². The molecule has 2 fully saturated rings. The van der Waals surface area contributed by atoms with Crippen LogP contribution in [0.1, 0.15) is 47.4 Å². The Morgan fingerprint density at radius 3 is 2.58 bits per heavy atom. The summed E-state index contributed by atoms with van der Waals surface area (Å²) >= 11 is 6.16. The summed E-state index contributed by atoms with van der Waals surface area (Å²) in [7, 11) is 0. The highest BCUT2D eigenvalue weighted by atomic mass is 35.5. The van der Waals surface area contributed by atoms with Gasteiger partial charge in [-0.3, -0.25) is 4.79 Å². The van der Waals surface area contributed by atoms with Gasteiger partial charge in [-0.2, -0.15) is 5.10 Å². The van der Waals surface area contributed by atoms with Crippen LogP contribution in [0.5, 0.6) is 0 Å². The number of nitrogens with zero attached hydrogens (tertiary/aromatic N) is 4. The number of amides is 1. The molecule has 1 aromatic carbocycles. The predicted octanol–water partition coefficient (Wildman–Crippen LogP) is 3.49. The SMILES string of the molecule is CCN1CCN(C(=O)c2c(C3CC3)nn(-c3cccc(Cl)c3)c2C)CC1. The van der Waals surface area contributed by atoms with E-state index in [2.05, 4.69) is 11.8 Å². The zero-order valence-corrected chi connectivity index (χ0v) is 16.2. The third-order valence-electron chi connectivity index (χ3n) is 5.48. The Bertz CT molecular complexity index is 819. The lowest BCUT2D eigenvalue weighted by Crippen LogP contribution is -2.48. The van der Waals surface area contributed by atoms with Crippen molar-refractivity contribution < 1.29 is 4.79 Å². The maximum atomic E-state index is 13.3. The average Bonchev–Trinajstić information content (AvgIpc) is 3.44. The smallest absolute Gasteiger partial charge is 0.257 e. The van der Waals surface area contributed by atoms with Gasteiger partial charge in [0.25, 0.3) is 5.91 Å². The number of carbonyl (C=O) groups is 1. The lowest BCUT2D eigenvalue weighted by Gasteiger charge is -2.34. The Morgan fingerprint density at radius 1 is 1.23 bits per heavy atom. The molecule has 0 unspecified atom stereocenters. The first-order chi connectivity index (χ1) is 12.6. The maximum absolute atomic E-state index is 13.3. The lowest BCUT2D eigenvalue weighted by molar-refractivity contribution is 0.0641. The number of rotatable bonds is 4. The van der Waals surface area contributed by atoms with E-state index in [0.717, 1.165) is 68.2 Å². The topological polar surface area (TPSA) is 41.4 Å². The number of benzene rings is 1. The van der Waals surface area contributed by atoms with Crippen molar-refractivity contribution in [3.63, 3.8) is 0 Å². The highest BCUT2D eigenvalue weighted by molar-refractivity contribution is 6.30. The van der Waals surface area contributed by atoms with Crippen molar-refractivity contribution in [2.75, 3.05) is 32.7 Å². The van der Waals surface area contributed by atoms with Crippen LogP contribution >= 0.6 is 11.6 Å². The van der Waals surface area contributed by atoms with E-state index in [1.807, 2.05) is 40.8 Å². The normalized spacial score (nSPS) is 18.3. The summed E-state index contributed by atoms with van der Waals surface area (Å²) in [5, 5.41) is 5.51. The summed E-state index contributed by atoms with van der Waals surface area (Å²) < 4.78 is 1.88. The van der Waals surface area contributed by atoms with Gasteiger partial charge in [-0.1, -0.05) is 24.6 Å². The molecule has 6 heteroatoms. The van der Waals surface area contributed by atoms with Crippen LogP contribution in [-0.4, -0.2) is 58.2 Å². The first kappa shape index (κ1) is 17.6. The third kappa shape index (κ3) is 3.26. The zero-order chi connectivity index (χ0) is 18.3. The fourth-order valence-electron chi connectivity index (χ4n) is 3.72. The number of hydrogen-bond donors (Lipinski definition) is 0.